The van der Waals surface area contributed by atoms with Gasteiger partial charge in [0.05, 0.1) is 35.3 Å². The van der Waals surface area contributed by atoms with Crippen molar-refractivity contribution in [2.45, 2.75) is 0 Å². The monoisotopic (exact) mass is 507 g/mol. The third-order valence-corrected chi connectivity index (χ3v) is 6.65. The molecule has 0 aliphatic carbocycles. The van der Waals surface area contributed by atoms with Gasteiger partial charge in [-0.3, -0.25) is 9.59 Å². The molecule has 1 aliphatic rings. The number of carbonyl (C=O) groups excluding carboxylic acids is 3. The average molecular weight is 508 g/mol. The van der Waals surface area contributed by atoms with Gasteiger partial charge >= 0.3 is 5.97 Å². The normalized spacial score (nSPS) is 13.9. The van der Waals surface area contributed by atoms with Crippen LogP contribution in [0.4, 0.5) is 11.4 Å². The number of amides is 2. The van der Waals surface area contributed by atoms with E-state index in [2.05, 4.69) is 10.6 Å². The van der Waals surface area contributed by atoms with Gasteiger partial charge in [-0.1, -0.05) is 6.07 Å². The summed E-state index contributed by atoms with van der Waals surface area (Å²) in [6.07, 6.45) is 1.83. The van der Waals surface area contributed by atoms with Gasteiger partial charge in [-0.25, -0.2) is 4.79 Å². The summed E-state index contributed by atoms with van der Waals surface area (Å²) in [6, 6.07) is 8.70. The van der Waals surface area contributed by atoms with Crippen LogP contribution in [0.3, 0.4) is 0 Å². The minimum Gasteiger partial charge on any atom is -0.465 e. The van der Waals surface area contributed by atoms with Crippen molar-refractivity contribution in [3.05, 3.63) is 69.7 Å². The Bertz CT molecular complexity index is 1340. The number of nitrogens with zero attached hydrogens (tertiary/aromatic N) is 3. The van der Waals surface area contributed by atoms with Crippen molar-refractivity contribution < 1.29 is 19.1 Å². The SMILES string of the molecule is COC(=O)c1ccc2c(c1)NC(=O)C2=C(Nc1cc(C(=O)N(C)CCN(C)C)n(C)c1)c1ccsc1. The highest BCUT2D eigenvalue weighted by molar-refractivity contribution is 7.08. The van der Waals surface area contributed by atoms with Gasteiger partial charge in [0.25, 0.3) is 11.8 Å². The summed E-state index contributed by atoms with van der Waals surface area (Å²) in [6.45, 7) is 1.37. The van der Waals surface area contributed by atoms with Gasteiger partial charge in [0.2, 0.25) is 0 Å². The zero-order chi connectivity index (χ0) is 26.0. The third-order valence-electron chi connectivity index (χ3n) is 5.97. The fourth-order valence-corrected chi connectivity index (χ4v) is 4.64. The van der Waals surface area contributed by atoms with Gasteiger partial charge in [-0.15, -0.1) is 0 Å². The molecular weight excluding hydrogens is 478 g/mol. The minimum absolute atomic E-state index is 0.0866. The number of benzene rings is 1. The van der Waals surface area contributed by atoms with Crippen molar-refractivity contribution >= 4 is 51.8 Å². The number of hydrogen-bond donors (Lipinski definition) is 2. The van der Waals surface area contributed by atoms with Crippen LogP contribution in [0.5, 0.6) is 0 Å². The Kier molecular flexibility index (Phi) is 7.27. The number of aryl methyl sites for hydroxylation is 1. The van der Waals surface area contributed by atoms with E-state index in [1.807, 2.05) is 49.1 Å². The number of methoxy groups -OCH3 is 1. The summed E-state index contributed by atoms with van der Waals surface area (Å²) in [5.74, 6) is -0.842. The molecule has 36 heavy (non-hydrogen) atoms. The van der Waals surface area contributed by atoms with E-state index in [0.717, 1.165) is 12.1 Å². The Labute approximate surface area is 214 Å². The Morgan fingerprint density at radius 2 is 1.89 bits per heavy atom. The number of fused-ring (bicyclic) bond motifs is 1. The first-order valence-corrected chi connectivity index (χ1v) is 12.3. The van der Waals surface area contributed by atoms with Gasteiger partial charge in [0.1, 0.15) is 5.69 Å². The summed E-state index contributed by atoms with van der Waals surface area (Å²) < 4.78 is 6.58. The van der Waals surface area contributed by atoms with Crippen LogP contribution >= 0.6 is 11.3 Å². The maximum atomic E-state index is 13.1. The molecule has 0 atom stereocenters. The van der Waals surface area contributed by atoms with Crippen molar-refractivity contribution in [1.29, 1.82) is 0 Å². The van der Waals surface area contributed by atoms with Gasteiger partial charge in [0, 0.05) is 49.9 Å². The molecule has 9 nitrogen and oxygen atoms in total. The number of aromatic nitrogens is 1. The molecule has 3 heterocycles. The first-order valence-electron chi connectivity index (χ1n) is 11.3. The molecule has 2 N–H and O–H groups in total. The largest absolute Gasteiger partial charge is 0.465 e. The second-order valence-corrected chi connectivity index (χ2v) is 9.63. The van der Waals surface area contributed by atoms with Crippen molar-refractivity contribution in [1.82, 2.24) is 14.4 Å². The van der Waals surface area contributed by atoms with Gasteiger partial charge in [0.15, 0.2) is 0 Å². The molecule has 0 radical (unpaired) electrons. The first-order chi connectivity index (χ1) is 17.2. The number of thiophene rings is 1. The molecule has 0 fully saturated rings. The van der Waals surface area contributed by atoms with Crippen LogP contribution in [-0.4, -0.2) is 73.5 Å². The number of hydrogen-bond acceptors (Lipinski definition) is 7. The average Bonchev–Trinajstić information content (AvgIpc) is 3.58. The second-order valence-electron chi connectivity index (χ2n) is 8.85. The van der Waals surface area contributed by atoms with E-state index in [4.69, 9.17) is 4.74 Å². The number of carbonyl (C=O) groups is 3. The van der Waals surface area contributed by atoms with E-state index in [1.54, 1.807) is 40.8 Å². The second kappa shape index (κ2) is 10.4. The van der Waals surface area contributed by atoms with Crippen LogP contribution in [0.2, 0.25) is 0 Å². The standard InChI is InChI=1S/C26H29N5O4S/c1-29(2)9-10-30(3)25(33)21-13-18(14-31(21)4)27-23(17-8-11-36-15-17)22-19-7-6-16(26(34)35-5)12-20(19)28-24(22)32/h6-8,11-15,27H,9-10H2,1-5H3,(H,28,32). The zero-order valence-electron chi connectivity index (χ0n) is 20.9. The molecular formula is C26H29N5O4S. The van der Waals surface area contributed by atoms with Gasteiger partial charge < -0.3 is 29.7 Å². The van der Waals surface area contributed by atoms with E-state index in [0.29, 0.717) is 46.0 Å². The van der Waals surface area contributed by atoms with Gasteiger partial charge in [-0.2, -0.15) is 11.3 Å². The molecule has 0 bridgehead atoms. The topological polar surface area (TPSA) is 95.9 Å². The van der Waals surface area contributed by atoms with Crippen molar-refractivity contribution in [2.75, 3.05) is 52.0 Å². The molecule has 0 saturated heterocycles. The van der Waals surface area contributed by atoms with Crippen LogP contribution in [0.1, 0.15) is 32.0 Å². The number of ether oxygens (including phenoxy) is 1. The van der Waals surface area contributed by atoms with Crippen LogP contribution < -0.4 is 10.6 Å². The maximum absolute atomic E-state index is 13.1. The van der Waals surface area contributed by atoms with Crippen molar-refractivity contribution in [2.24, 2.45) is 7.05 Å². The zero-order valence-corrected chi connectivity index (χ0v) is 21.7. The lowest BCUT2D eigenvalue weighted by atomic mass is 10.0. The predicted molar refractivity (Wildman–Crippen MR) is 142 cm³/mol. The summed E-state index contributed by atoms with van der Waals surface area (Å²) in [5.41, 5.74) is 4.71. The van der Waals surface area contributed by atoms with E-state index in [1.165, 1.54) is 18.4 Å². The van der Waals surface area contributed by atoms with E-state index >= 15 is 0 Å². The molecule has 0 spiro atoms. The highest BCUT2D eigenvalue weighted by Gasteiger charge is 2.30. The summed E-state index contributed by atoms with van der Waals surface area (Å²) >= 11 is 1.52. The number of likely N-dealkylation sites (N-methyl/N-ethyl adjacent to an activating group) is 2. The summed E-state index contributed by atoms with van der Waals surface area (Å²) in [7, 11) is 8.86. The smallest absolute Gasteiger partial charge is 0.337 e. The summed E-state index contributed by atoms with van der Waals surface area (Å²) in [4.78, 5) is 41.8. The number of anilines is 2. The van der Waals surface area contributed by atoms with Crippen molar-refractivity contribution in [3.63, 3.8) is 0 Å². The quantitative estimate of drug-likeness (QED) is 0.358. The van der Waals surface area contributed by atoms with E-state index in [-0.39, 0.29) is 11.8 Å². The van der Waals surface area contributed by atoms with Crippen LogP contribution in [0.15, 0.2) is 47.3 Å². The third kappa shape index (κ3) is 5.05. The molecule has 10 heteroatoms. The Morgan fingerprint density at radius 1 is 1.11 bits per heavy atom. The first kappa shape index (κ1) is 25.2. The molecule has 2 amide bonds. The Balaban J connectivity index is 1.70. The lowest BCUT2D eigenvalue weighted by Crippen LogP contribution is -2.34. The van der Waals surface area contributed by atoms with Crippen molar-refractivity contribution in [3.8, 4) is 0 Å². The molecule has 2 aromatic heterocycles. The predicted octanol–water partition coefficient (Wildman–Crippen LogP) is 3.44. The van der Waals surface area contributed by atoms with Crippen LogP contribution in [0, 0.1) is 0 Å². The van der Waals surface area contributed by atoms with Gasteiger partial charge in [-0.05, 0) is 43.7 Å². The molecule has 3 aromatic rings. The fourth-order valence-electron chi connectivity index (χ4n) is 3.99. The van der Waals surface area contributed by atoms with E-state index < -0.39 is 5.97 Å². The van der Waals surface area contributed by atoms with E-state index in [9.17, 15) is 14.4 Å². The fraction of sp³-hybridized carbons (Fsp3) is 0.269. The highest BCUT2D eigenvalue weighted by atomic mass is 32.1. The minimum atomic E-state index is -0.474. The van der Waals surface area contributed by atoms with Crippen LogP contribution in [-0.2, 0) is 16.6 Å². The lowest BCUT2D eigenvalue weighted by Gasteiger charge is -2.19. The molecule has 4 rings (SSSR count). The Morgan fingerprint density at radius 3 is 2.56 bits per heavy atom. The van der Waals surface area contributed by atoms with Crippen LogP contribution in [0.25, 0.3) is 11.3 Å². The number of rotatable bonds is 8. The summed E-state index contributed by atoms with van der Waals surface area (Å²) in [5, 5.41) is 10.1. The molecule has 1 aliphatic heterocycles. The molecule has 188 valence electrons. The number of nitrogens with one attached hydrogen (secondary N) is 2. The Hall–Kier alpha value is -3.89. The molecule has 1 aromatic carbocycles. The molecule has 0 unspecified atom stereocenters. The highest BCUT2D eigenvalue weighted by Crippen LogP contribution is 2.38. The lowest BCUT2D eigenvalue weighted by molar-refractivity contribution is -0.110. The number of esters is 1. The molecule has 0 saturated carbocycles. The maximum Gasteiger partial charge on any atom is 0.337 e.